The summed E-state index contributed by atoms with van der Waals surface area (Å²) in [5, 5.41) is 0. The van der Waals surface area contributed by atoms with Crippen LogP contribution < -0.4 is 4.74 Å². The molecule has 1 aliphatic carbocycles. The van der Waals surface area contributed by atoms with Crippen LogP contribution in [0.5, 0.6) is 11.5 Å². The van der Waals surface area contributed by atoms with Crippen LogP contribution in [0.2, 0.25) is 0 Å². The van der Waals surface area contributed by atoms with Gasteiger partial charge in [0.2, 0.25) is 0 Å². The van der Waals surface area contributed by atoms with Crippen molar-refractivity contribution < 1.29 is 4.74 Å². The second-order valence-electron chi connectivity index (χ2n) is 8.66. The van der Waals surface area contributed by atoms with Crippen molar-refractivity contribution in [2.75, 3.05) is 0 Å². The van der Waals surface area contributed by atoms with Crippen molar-refractivity contribution in [2.24, 2.45) is 0 Å². The van der Waals surface area contributed by atoms with Crippen molar-refractivity contribution in [1.82, 2.24) is 0 Å². The molecule has 1 spiro atoms. The highest BCUT2D eigenvalue weighted by molar-refractivity contribution is 9.10. The van der Waals surface area contributed by atoms with Gasteiger partial charge in [-0.05, 0) is 63.7 Å². The van der Waals surface area contributed by atoms with Crippen molar-refractivity contribution in [2.45, 2.75) is 5.41 Å². The van der Waals surface area contributed by atoms with E-state index >= 15 is 0 Å². The summed E-state index contributed by atoms with van der Waals surface area (Å²) in [5.74, 6) is 1.84. The molecule has 0 atom stereocenters. The van der Waals surface area contributed by atoms with Crippen molar-refractivity contribution >= 4 is 15.9 Å². The lowest BCUT2D eigenvalue weighted by Gasteiger charge is -2.39. The van der Waals surface area contributed by atoms with Crippen LogP contribution in [0.3, 0.4) is 0 Å². The number of rotatable bonds is 1. The highest BCUT2D eigenvalue weighted by Gasteiger charge is 2.50. The molecule has 2 heteroatoms. The molecule has 0 saturated heterocycles. The maximum atomic E-state index is 6.50. The lowest BCUT2D eigenvalue weighted by atomic mass is 9.66. The summed E-state index contributed by atoms with van der Waals surface area (Å²) in [6.45, 7) is 0. The van der Waals surface area contributed by atoms with Gasteiger partial charge in [0.25, 0.3) is 0 Å². The van der Waals surface area contributed by atoms with Crippen molar-refractivity contribution in [3.05, 3.63) is 142 Å². The predicted molar refractivity (Wildman–Crippen MR) is 137 cm³/mol. The van der Waals surface area contributed by atoms with E-state index in [1.54, 1.807) is 0 Å². The highest BCUT2D eigenvalue weighted by atomic mass is 79.9. The molecule has 0 amide bonds. The van der Waals surface area contributed by atoms with Crippen LogP contribution in [0.4, 0.5) is 0 Å². The highest BCUT2D eigenvalue weighted by Crippen LogP contribution is 2.62. The van der Waals surface area contributed by atoms with Gasteiger partial charge in [-0.3, -0.25) is 0 Å². The Hall–Kier alpha value is -3.62. The first-order valence-electron chi connectivity index (χ1n) is 11.1. The first-order chi connectivity index (χ1) is 16.3. The molecule has 33 heavy (non-hydrogen) atoms. The molecule has 0 N–H and O–H groups in total. The van der Waals surface area contributed by atoms with E-state index in [1.807, 2.05) is 0 Å². The zero-order valence-corrected chi connectivity index (χ0v) is 19.3. The maximum absolute atomic E-state index is 6.50. The van der Waals surface area contributed by atoms with Crippen molar-refractivity contribution in [3.8, 4) is 33.8 Å². The zero-order chi connectivity index (χ0) is 22.0. The van der Waals surface area contributed by atoms with E-state index in [4.69, 9.17) is 4.74 Å². The van der Waals surface area contributed by atoms with Gasteiger partial charge in [0.05, 0.1) is 5.41 Å². The largest absolute Gasteiger partial charge is 0.457 e. The average Bonchev–Trinajstić information content (AvgIpc) is 3.16. The summed E-state index contributed by atoms with van der Waals surface area (Å²) in [6, 6.07) is 41.3. The number of hydrogen-bond donors (Lipinski definition) is 0. The topological polar surface area (TPSA) is 9.23 Å². The third-order valence-electron chi connectivity index (χ3n) is 7.02. The van der Waals surface area contributed by atoms with E-state index in [0.717, 1.165) is 16.0 Å². The number of ether oxygens (including phenoxy) is 1. The summed E-state index contributed by atoms with van der Waals surface area (Å²) in [5.41, 5.74) is 9.58. The fraction of sp³-hybridized carbons (Fsp3) is 0.0323. The average molecular weight is 487 g/mol. The van der Waals surface area contributed by atoms with Gasteiger partial charge in [0.15, 0.2) is 0 Å². The lowest BCUT2D eigenvalue weighted by molar-refractivity contribution is 0.436. The number of hydrogen-bond acceptors (Lipinski definition) is 1. The van der Waals surface area contributed by atoms with Gasteiger partial charge < -0.3 is 4.74 Å². The van der Waals surface area contributed by atoms with E-state index in [0.29, 0.717) is 0 Å². The minimum atomic E-state index is -0.414. The molecule has 1 aliphatic heterocycles. The molecule has 0 saturated carbocycles. The summed E-state index contributed by atoms with van der Waals surface area (Å²) < 4.78 is 7.58. The monoisotopic (exact) mass is 486 g/mol. The van der Waals surface area contributed by atoms with E-state index in [2.05, 4.69) is 131 Å². The Bertz CT molecular complexity index is 1500. The summed E-state index contributed by atoms with van der Waals surface area (Å²) >= 11 is 3.56. The van der Waals surface area contributed by atoms with Crippen molar-refractivity contribution in [3.63, 3.8) is 0 Å². The molecule has 7 rings (SSSR count). The molecule has 5 aromatic carbocycles. The van der Waals surface area contributed by atoms with Gasteiger partial charge in [-0.2, -0.15) is 0 Å². The molecule has 1 nitrogen and oxygen atoms in total. The maximum Gasteiger partial charge on any atom is 0.132 e. The fourth-order valence-electron chi connectivity index (χ4n) is 5.68. The molecule has 0 radical (unpaired) electrons. The predicted octanol–water partition coefficient (Wildman–Crippen LogP) is 8.58. The Labute approximate surface area is 201 Å². The zero-order valence-electron chi connectivity index (χ0n) is 17.8. The molecular formula is C31H19BrO. The van der Waals surface area contributed by atoms with Crippen LogP contribution in [0.15, 0.2) is 120 Å². The number of halogens is 1. The van der Waals surface area contributed by atoms with Crippen LogP contribution in [0.25, 0.3) is 22.3 Å². The Morgan fingerprint density at radius 3 is 1.73 bits per heavy atom. The fourth-order valence-corrected chi connectivity index (χ4v) is 5.94. The van der Waals surface area contributed by atoms with Gasteiger partial charge in [-0.15, -0.1) is 0 Å². The third kappa shape index (κ3) is 2.53. The van der Waals surface area contributed by atoms with E-state index in [9.17, 15) is 0 Å². The molecule has 1 heterocycles. The Kier molecular flexibility index (Phi) is 3.97. The summed E-state index contributed by atoms with van der Waals surface area (Å²) in [6.07, 6.45) is 0. The first kappa shape index (κ1) is 18.9. The van der Waals surface area contributed by atoms with Crippen LogP contribution in [-0.4, -0.2) is 0 Å². The van der Waals surface area contributed by atoms with E-state index < -0.39 is 5.41 Å². The minimum absolute atomic E-state index is 0.414. The Morgan fingerprint density at radius 2 is 1.03 bits per heavy atom. The van der Waals surface area contributed by atoms with E-state index in [-0.39, 0.29) is 0 Å². The van der Waals surface area contributed by atoms with Crippen molar-refractivity contribution in [1.29, 1.82) is 0 Å². The second-order valence-corrected chi connectivity index (χ2v) is 9.57. The van der Waals surface area contributed by atoms with Gasteiger partial charge in [-0.1, -0.05) is 101 Å². The lowest BCUT2D eigenvalue weighted by Crippen LogP contribution is -2.32. The van der Waals surface area contributed by atoms with Gasteiger partial charge in [-0.25, -0.2) is 0 Å². The van der Waals surface area contributed by atoms with Gasteiger partial charge in [0.1, 0.15) is 11.5 Å². The van der Waals surface area contributed by atoms with Crippen LogP contribution in [0.1, 0.15) is 22.3 Å². The van der Waals surface area contributed by atoms with Crippen LogP contribution >= 0.6 is 15.9 Å². The Morgan fingerprint density at radius 1 is 0.485 bits per heavy atom. The smallest absolute Gasteiger partial charge is 0.132 e. The molecule has 0 aromatic heterocycles. The number of fused-ring (bicyclic) bond motifs is 9. The standard InChI is InChI=1S/C31H19BrO/c32-22-16-13-20(14-17-22)21-15-18-30-28(19-21)31(27-11-5-6-12-29(27)33-30)25-9-3-1-7-23(25)24-8-2-4-10-26(24)31/h1-19H. The first-order valence-corrected chi connectivity index (χ1v) is 11.9. The molecular weight excluding hydrogens is 468 g/mol. The summed E-state index contributed by atoms with van der Waals surface area (Å²) in [4.78, 5) is 0. The molecule has 0 fully saturated rings. The Balaban J connectivity index is 1.61. The molecule has 156 valence electrons. The van der Waals surface area contributed by atoms with Gasteiger partial charge >= 0.3 is 0 Å². The molecule has 5 aromatic rings. The number of benzene rings is 5. The number of para-hydroxylation sites is 1. The minimum Gasteiger partial charge on any atom is -0.457 e. The molecule has 2 aliphatic rings. The second kappa shape index (κ2) is 6.94. The van der Waals surface area contributed by atoms with Gasteiger partial charge in [0, 0.05) is 15.6 Å². The normalized spacial score (nSPS) is 14.1. The van der Waals surface area contributed by atoms with Crippen LogP contribution in [-0.2, 0) is 5.41 Å². The third-order valence-corrected chi connectivity index (χ3v) is 7.55. The SMILES string of the molecule is Brc1ccc(-c2ccc3c(c2)C2(c4ccccc4O3)c3ccccc3-c3ccccc32)cc1. The molecule has 0 unspecified atom stereocenters. The van der Waals surface area contributed by atoms with E-state index in [1.165, 1.54) is 44.5 Å². The quantitative estimate of drug-likeness (QED) is 0.225. The summed E-state index contributed by atoms with van der Waals surface area (Å²) in [7, 11) is 0. The molecule has 0 bridgehead atoms. The van der Waals surface area contributed by atoms with Crippen LogP contribution in [0, 0.1) is 0 Å².